The first kappa shape index (κ1) is 8.04. The van der Waals surface area contributed by atoms with Crippen LogP contribution in [0.5, 0.6) is 0 Å². The summed E-state index contributed by atoms with van der Waals surface area (Å²) in [7, 11) is 0. The van der Waals surface area contributed by atoms with E-state index in [1.165, 1.54) is 0 Å². The predicted molar refractivity (Wildman–Crippen MR) is 39.9 cm³/mol. The van der Waals surface area contributed by atoms with Gasteiger partial charge in [0.25, 0.3) is 0 Å². The van der Waals surface area contributed by atoms with Crippen molar-refractivity contribution in [2.75, 3.05) is 6.54 Å². The molecule has 0 aromatic heterocycles. The monoisotopic (exact) mass is 156 g/mol. The normalized spacial score (nSPS) is 31.1. The van der Waals surface area contributed by atoms with E-state index < -0.39 is 5.41 Å². The molecule has 1 saturated heterocycles. The molecule has 4 nitrogen and oxygen atoms in total. The van der Waals surface area contributed by atoms with Gasteiger partial charge in [-0.1, -0.05) is 6.92 Å². The van der Waals surface area contributed by atoms with Gasteiger partial charge in [-0.15, -0.1) is 0 Å². The van der Waals surface area contributed by atoms with E-state index in [1.807, 2.05) is 13.8 Å². The van der Waals surface area contributed by atoms with E-state index in [9.17, 15) is 9.59 Å². The van der Waals surface area contributed by atoms with Crippen molar-refractivity contribution in [2.24, 2.45) is 5.41 Å². The lowest BCUT2D eigenvalue weighted by molar-refractivity contribution is -0.130. The topological polar surface area (TPSA) is 58.2 Å². The third kappa shape index (κ3) is 1.34. The third-order valence-electron chi connectivity index (χ3n) is 2.19. The zero-order valence-electron chi connectivity index (χ0n) is 6.73. The molecule has 0 aliphatic carbocycles. The molecule has 11 heavy (non-hydrogen) atoms. The molecule has 0 spiro atoms. The van der Waals surface area contributed by atoms with Crippen molar-refractivity contribution in [1.82, 2.24) is 10.6 Å². The zero-order valence-corrected chi connectivity index (χ0v) is 6.73. The molecule has 0 bridgehead atoms. The first-order chi connectivity index (χ1) is 5.08. The molecule has 62 valence electrons. The highest BCUT2D eigenvalue weighted by Crippen LogP contribution is 2.21. The molecule has 1 atom stereocenters. The fraction of sp³-hybridized carbons (Fsp3) is 0.714. The van der Waals surface area contributed by atoms with Gasteiger partial charge in [0, 0.05) is 6.54 Å². The van der Waals surface area contributed by atoms with Crippen molar-refractivity contribution < 1.29 is 9.59 Å². The van der Waals surface area contributed by atoms with Crippen molar-refractivity contribution >= 4 is 11.9 Å². The summed E-state index contributed by atoms with van der Waals surface area (Å²) in [5.41, 5.74) is -0.423. The van der Waals surface area contributed by atoms with Gasteiger partial charge in [0.05, 0.1) is 5.41 Å². The lowest BCUT2D eigenvalue weighted by atomic mass is 9.85. The number of carbonyl (C=O) groups is 2. The molecule has 1 aliphatic heterocycles. The highest BCUT2D eigenvalue weighted by atomic mass is 16.2. The maximum Gasteiger partial charge on any atom is 0.321 e. The molecule has 1 heterocycles. The molecule has 2 N–H and O–H groups in total. The second-order valence-electron chi connectivity index (χ2n) is 3.05. The third-order valence-corrected chi connectivity index (χ3v) is 2.19. The number of amides is 3. The molecule has 1 rings (SSSR count). The maximum absolute atomic E-state index is 11.2. The first-order valence-electron chi connectivity index (χ1n) is 3.68. The van der Waals surface area contributed by atoms with Gasteiger partial charge in [0.1, 0.15) is 0 Å². The van der Waals surface area contributed by atoms with Crippen molar-refractivity contribution in [2.45, 2.75) is 20.3 Å². The van der Waals surface area contributed by atoms with Gasteiger partial charge in [-0.3, -0.25) is 10.1 Å². The Morgan fingerprint density at radius 3 is 2.64 bits per heavy atom. The van der Waals surface area contributed by atoms with Crippen LogP contribution in [-0.4, -0.2) is 18.5 Å². The van der Waals surface area contributed by atoms with Crippen LogP contribution in [0.3, 0.4) is 0 Å². The van der Waals surface area contributed by atoms with E-state index in [-0.39, 0.29) is 11.9 Å². The smallest absolute Gasteiger partial charge is 0.321 e. The molecule has 0 saturated carbocycles. The largest absolute Gasteiger partial charge is 0.337 e. The van der Waals surface area contributed by atoms with Crippen molar-refractivity contribution in [3.63, 3.8) is 0 Å². The quantitative estimate of drug-likeness (QED) is 0.571. The maximum atomic E-state index is 11.2. The Balaban J connectivity index is 2.71. The predicted octanol–water partition coefficient (Wildman–Crippen LogP) is 0.242. The van der Waals surface area contributed by atoms with Gasteiger partial charge in [0.2, 0.25) is 5.91 Å². The Hall–Kier alpha value is -1.06. The van der Waals surface area contributed by atoms with E-state index in [1.54, 1.807) is 0 Å². The van der Waals surface area contributed by atoms with Crippen LogP contribution in [0.4, 0.5) is 4.79 Å². The fourth-order valence-corrected chi connectivity index (χ4v) is 0.939. The summed E-state index contributed by atoms with van der Waals surface area (Å²) >= 11 is 0. The molecule has 0 radical (unpaired) electrons. The molecule has 1 aliphatic rings. The summed E-state index contributed by atoms with van der Waals surface area (Å²) in [6, 6.07) is -0.388. The van der Waals surface area contributed by atoms with Crippen LogP contribution in [0, 0.1) is 5.41 Å². The van der Waals surface area contributed by atoms with Gasteiger partial charge in [0.15, 0.2) is 0 Å². The number of nitrogens with one attached hydrogen (secondary N) is 2. The van der Waals surface area contributed by atoms with Crippen molar-refractivity contribution in [1.29, 1.82) is 0 Å². The Kier molecular flexibility index (Phi) is 1.85. The van der Waals surface area contributed by atoms with Gasteiger partial charge < -0.3 is 5.32 Å². The van der Waals surface area contributed by atoms with Crippen molar-refractivity contribution in [3.8, 4) is 0 Å². The summed E-state index contributed by atoms with van der Waals surface area (Å²) in [4.78, 5) is 21.8. The highest BCUT2D eigenvalue weighted by Gasteiger charge is 2.36. The summed E-state index contributed by atoms with van der Waals surface area (Å²) < 4.78 is 0. The fourth-order valence-electron chi connectivity index (χ4n) is 0.939. The minimum Gasteiger partial charge on any atom is -0.337 e. The standard InChI is InChI=1S/C7H12N2O2/c1-3-7(2)4-8-6(11)9-5(7)10/h3-4H2,1-2H3,(H2,8,9,10,11). The Bertz CT molecular complexity index is 203. The lowest BCUT2D eigenvalue weighted by Gasteiger charge is -2.30. The van der Waals surface area contributed by atoms with Crippen LogP contribution in [-0.2, 0) is 4.79 Å². The van der Waals surface area contributed by atoms with E-state index in [2.05, 4.69) is 10.6 Å². The van der Waals surface area contributed by atoms with E-state index >= 15 is 0 Å². The number of hydrogen-bond acceptors (Lipinski definition) is 2. The highest BCUT2D eigenvalue weighted by molar-refractivity contribution is 5.99. The lowest BCUT2D eigenvalue weighted by Crippen LogP contribution is -2.57. The molecular weight excluding hydrogens is 144 g/mol. The molecule has 4 heteroatoms. The first-order valence-corrected chi connectivity index (χ1v) is 3.68. The molecule has 3 amide bonds. The number of hydrogen-bond donors (Lipinski definition) is 2. The summed E-state index contributed by atoms with van der Waals surface area (Å²) in [6.45, 7) is 4.20. The van der Waals surface area contributed by atoms with Gasteiger partial charge in [-0.25, -0.2) is 4.79 Å². The van der Waals surface area contributed by atoms with Crippen LogP contribution in [0.15, 0.2) is 0 Å². The van der Waals surface area contributed by atoms with Crippen LogP contribution < -0.4 is 10.6 Å². The summed E-state index contributed by atoms with van der Waals surface area (Å²) in [5, 5.41) is 4.81. The van der Waals surface area contributed by atoms with Gasteiger partial charge in [-0.05, 0) is 13.3 Å². The summed E-state index contributed by atoms with van der Waals surface area (Å²) in [5.74, 6) is -0.177. The van der Waals surface area contributed by atoms with Crippen LogP contribution in [0.25, 0.3) is 0 Å². The second-order valence-corrected chi connectivity index (χ2v) is 3.05. The molecule has 1 unspecified atom stereocenters. The van der Waals surface area contributed by atoms with E-state index in [0.717, 1.165) is 6.42 Å². The molecule has 0 aromatic rings. The van der Waals surface area contributed by atoms with E-state index in [0.29, 0.717) is 6.54 Å². The number of imide groups is 1. The average Bonchev–Trinajstić information content (AvgIpc) is 1.98. The summed E-state index contributed by atoms with van der Waals surface area (Å²) in [6.07, 6.45) is 0.735. The van der Waals surface area contributed by atoms with Gasteiger partial charge in [-0.2, -0.15) is 0 Å². The Morgan fingerprint density at radius 1 is 1.55 bits per heavy atom. The van der Waals surface area contributed by atoms with Gasteiger partial charge >= 0.3 is 6.03 Å². The number of urea groups is 1. The minimum absolute atomic E-state index is 0.177. The average molecular weight is 156 g/mol. The van der Waals surface area contributed by atoms with Crippen LogP contribution in [0.1, 0.15) is 20.3 Å². The SMILES string of the molecule is CCC1(C)CNC(=O)NC1=O. The molecular formula is C7H12N2O2. The van der Waals surface area contributed by atoms with Crippen LogP contribution in [0.2, 0.25) is 0 Å². The van der Waals surface area contributed by atoms with E-state index in [4.69, 9.17) is 0 Å². The number of carbonyl (C=O) groups excluding carboxylic acids is 2. The molecule has 1 fully saturated rings. The number of rotatable bonds is 1. The van der Waals surface area contributed by atoms with Crippen LogP contribution >= 0.6 is 0 Å². The minimum atomic E-state index is -0.423. The van der Waals surface area contributed by atoms with Crippen molar-refractivity contribution in [3.05, 3.63) is 0 Å². The second kappa shape index (κ2) is 2.53. The Morgan fingerprint density at radius 2 is 2.18 bits per heavy atom. The Labute approximate surface area is 65.3 Å². The molecule has 0 aromatic carbocycles. The zero-order chi connectivity index (χ0) is 8.48.